The van der Waals surface area contributed by atoms with Gasteiger partial charge >= 0.3 is 0 Å². The van der Waals surface area contributed by atoms with E-state index in [4.69, 9.17) is 30.5 Å². The Morgan fingerprint density at radius 2 is 0.946 bits per heavy atom. The molecule has 10 aromatic carbocycles. The van der Waals surface area contributed by atoms with Gasteiger partial charge in [-0.2, -0.15) is 0 Å². The number of hydrogen-bond acceptors (Lipinski definition) is 1. The third kappa shape index (κ3) is 5.39. The Bertz CT molecular complexity index is 5020. The summed E-state index contributed by atoms with van der Waals surface area (Å²) in [5.41, 5.74) is -5.35. The molecule has 264 valence electrons. The lowest BCUT2D eigenvalue weighted by atomic mass is 9.85. The minimum absolute atomic E-state index is 0.261. The van der Waals surface area contributed by atoms with Crippen LogP contribution in [0, 0.1) is 0 Å². The van der Waals surface area contributed by atoms with Crippen LogP contribution in [0.4, 0.5) is 0 Å². The molecule has 0 unspecified atom stereocenters. The van der Waals surface area contributed by atoms with Crippen LogP contribution >= 0.6 is 0 Å². The largest absolute Gasteiger partial charge is 0.456 e. The van der Waals surface area contributed by atoms with Gasteiger partial charge in [-0.05, 0) is 125 Å². The van der Waals surface area contributed by atoms with Crippen LogP contribution in [0.3, 0.4) is 0 Å². The Hall–Kier alpha value is -6.96. The summed E-state index contributed by atoms with van der Waals surface area (Å²) in [6.07, 6.45) is -2.09. The average Bonchev–Trinajstić information content (AvgIpc) is 1.10. The lowest BCUT2D eigenvalue weighted by Gasteiger charge is -2.18. The van der Waals surface area contributed by atoms with Gasteiger partial charge in [-0.15, -0.1) is 0 Å². The highest BCUT2D eigenvalue weighted by molar-refractivity contribution is 6.14. The molecule has 0 saturated carbocycles. The third-order valence-corrected chi connectivity index (χ3v) is 9.60. The molecule has 11 aromatic rings. The first-order valence-electron chi connectivity index (χ1n) is 33.1. The molecule has 0 aliphatic heterocycles. The van der Waals surface area contributed by atoms with Gasteiger partial charge in [0.15, 0.2) is 0 Å². The molecule has 1 heteroatoms. The fourth-order valence-corrected chi connectivity index (χ4v) is 7.14. The Morgan fingerprint density at radius 3 is 1.75 bits per heavy atom. The smallest absolute Gasteiger partial charge is 0.136 e. The van der Waals surface area contributed by atoms with Crippen molar-refractivity contribution in [2.75, 3.05) is 0 Å². The van der Waals surface area contributed by atoms with Crippen molar-refractivity contribution in [3.63, 3.8) is 0 Å². The van der Waals surface area contributed by atoms with Crippen LogP contribution in [0.2, 0.25) is 0 Å². The second kappa shape index (κ2) is 13.4. The summed E-state index contributed by atoms with van der Waals surface area (Å²) in [7, 11) is 0. The quantitative estimate of drug-likeness (QED) is 0.148. The van der Waals surface area contributed by atoms with Gasteiger partial charge in [0.25, 0.3) is 0 Å². The molecule has 0 aliphatic carbocycles. The molecule has 0 N–H and O–H groups in total. The van der Waals surface area contributed by atoms with Gasteiger partial charge in [0, 0.05) is 10.8 Å². The zero-order valence-electron chi connectivity index (χ0n) is 60.5. The summed E-state index contributed by atoms with van der Waals surface area (Å²) in [5, 5.41) is -4.77. The van der Waals surface area contributed by atoms with E-state index < -0.39 is 300 Å². The zero-order valence-corrected chi connectivity index (χ0v) is 28.5. The van der Waals surface area contributed by atoms with Crippen molar-refractivity contribution in [2.24, 2.45) is 0 Å². The molecule has 0 fully saturated rings. The number of aryl methyl sites for hydroxylation is 2. The van der Waals surface area contributed by atoms with E-state index in [1.807, 2.05) is 0 Å². The van der Waals surface area contributed by atoms with Crippen LogP contribution in [0.15, 0.2) is 198 Å². The second-order valence-corrected chi connectivity index (χ2v) is 12.6. The first-order valence-corrected chi connectivity index (χ1v) is 17.1. The highest BCUT2D eigenvalue weighted by Gasteiger charge is 2.17. The molecule has 1 aromatic heterocycles. The van der Waals surface area contributed by atoms with Gasteiger partial charge in [-0.1, -0.05) is 175 Å². The summed E-state index contributed by atoms with van der Waals surface area (Å²) in [5.74, 6) is 0. The van der Waals surface area contributed by atoms with Crippen molar-refractivity contribution >= 4 is 65.0 Å². The highest BCUT2D eigenvalue weighted by Crippen LogP contribution is 2.41. The lowest BCUT2D eigenvalue weighted by molar-refractivity contribution is 0.669. The van der Waals surface area contributed by atoms with E-state index in [0.29, 0.717) is 0 Å². The minimum atomic E-state index is -0.966. The Kier molecular flexibility index (Phi) is 3.27. The summed E-state index contributed by atoms with van der Waals surface area (Å²) in [6.45, 7) is 0. The molecule has 0 radical (unpaired) electrons. The van der Waals surface area contributed by atoms with Crippen molar-refractivity contribution in [2.45, 2.75) is 19.3 Å². The topological polar surface area (TPSA) is 13.1 Å². The molecular weight excluding hydrogens is 677 g/mol. The highest BCUT2D eigenvalue weighted by atomic mass is 16.3. The predicted molar refractivity (Wildman–Crippen MR) is 238 cm³/mol. The monoisotopic (exact) mass is 746 g/mol. The molecule has 1 heterocycles. The second-order valence-electron chi connectivity index (χ2n) is 12.6. The van der Waals surface area contributed by atoms with Gasteiger partial charge in [-0.25, -0.2) is 0 Å². The van der Waals surface area contributed by atoms with Crippen LogP contribution in [0.1, 0.15) is 66.1 Å². The molecule has 56 heavy (non-hydrogen) atoms. The molecule has 1 nitrogen and oxygen atoms in total. The van der Waals surface area contributed by atoms with Gasteiger partial charge in [0.05, 0.1) is 43.9 Å². The van der Waals surface area contributed by atoms with Crippen LogP contribution in [-0.4, -0.2) is 0 Å². The molecule has 0 aliphatic rings. The van der Waals surface area contributed by atoms with E-state index in [1.54, 1.807) is 0 Å². The van der Waals surface area contributed by atoms with E-state index in [9.17, 15) is 17.8 Å². The van der Waals surface area contributed by atoms with Crippen molar-refractivity contribution in [1.29, 1.82) is 0 Å². The normalized spacial score (nSPS) is 19.8. The molecule has 0 atom stereocenters. The van der Waals surface area contributed by atoms with E-state index in [1.165, 1.54) is 0 Å². The maximum absolute atomic E-state index is 9.84. The molecular formula is C55H38O. The van der Waals surface area contributed by atoms with Gasteiger partial charge in [0.1, 0.15) is 11.2 Å². The number of hydrogen-bond donors (Lipinski definition) is 0. The van der Waals surface area contributed by atoms with Crippen LogP contribution in [0.25, 0.3) is 87.3 Å². The van der Waals surface area contributed by atoms with Crippen molar-refractivity contribution < 1.29 is 48.3 Å². The van der Waals surface area contributed by atoms with Crippen molar-refractivity contribution in [3.8, 4) is 22.3 Å². The predicted octanol–water partition coefficient (Wildman–Crippen LogP) is 14.9. The maximum atomic E-state index is 9.84. The standard InChI is InChI=1S/C55H38O/c1-2-14-37(15-3-1)44-27-13-29-54-55(44)52-35-40(31-33-53(52)56-54)43-26-12-25-42-38(18-11-28-45(42)43)30-32-50-46-21-6-8-23-48(46)51(49-24-9-7-22-47(49)50)34-39-19-10-17-36-16-4-5-20-41(36)39/h1-29,31,33,35H,30,32,34H2/i1D,2D,3D,4D,5D,6D,7D,8D,9D,10D,11D,12D,13D,14D,15D,16D,17D,18D,19D,20D,21D,22D,23D,24D,25D,26D,27D,28D,29D,31D,33D,35D. The van der Waals surface area contributed by atoms with Gasteiger partial charge in [0.2, 0.25) is 0 Å². The van der Waals surface area contributed by atoms with Crippen LogP contribution in [-0.2, 0) is 19.3 Å². The van der Waals surface area contributed by atoms with E-state index in [-0.39, 0.29) is 22.3 Å². The summed E-state index contributed by atoms with van der Waals surface area (Å²) in [4.78, 5) is 0. The van der Waals surface area contributed by atoms with Gasteiger partial charge < -0.3 is 4.42 Å². The van der Waals surface area contributed by atoms with Crippen LogP contribution < -0.4 is 0 Å². The summed E-state index contributed by atoms with van der Waals surface area (Å²) < 4.78 is 294. The Labute approximate surface area is 371 Å². The Morgan fingerprint density at radius 1 is 0.357 bits per heavy atom. The third-order valence-electron chi connectivity index (χ3n) is 9.60. The minimum Gasteiger partial charge on any atom is -0.456 e. The molecule has 0 saturated heterocycles. The van der Waals surface area contributed by atoms with Crippen molar-refractivity contribution in [1.82, 2.24) is 0 Å². The summed E-state index contributed by atoms with van der Waals surface area (Å²) >= 11 is 0. The maximum Gasteiger partial charge on any atom is 0.136 e. The Balaban J connectivity index is 1.23. The SMILES string of the molecule is [2H]c1c([2H])c([2H])c(-c2c([2H])c([2H])c([2H])c3oc4c([2H])c([2H])c(-c5c([2H])c([2H])c([2H])c6c(CCc7c8c([2H])c([2H])c([2H])c([2H])c8c(Cc8c([2H])c([2H])c([2H])c9c([2H])c([2H])c([2H])c([2H])c89)c8c([2H])c([2H])c([2H])c([2H])c78)c([2H])c([2H])c([2H])c56)c([2H])c4c23)c([2H])c1[2H]. The number of rotatable bonds is 7. The number of fused-ring (bicyclic) bond motifs is 7. The molecule has 0 bridgehead atoms. The zero-order chi connectivity index (χ0) is 64.9. The van der Waals surface area contributed by atoms with E-state index in [0.717, 1.165) is 0 Å². The van der Waals surface area contributed by atoms with Gasteiger partial charge in [-0.3, -0.25) is 0 Å². The van der Waals surface area contributed by atoms with E-state index >= 15 is 0 Å². The average molecular weight is 747 g/mol. The van der Waals surface area contributed by atoms with Crippen molar-refractivity contribution in [3.05, 3.63) is 216 Å². The molecule has 11 rings (SSSR count). The molecule has 0 spiro atoms. The number of furan rings is 1. The van der Waals surface area contributed by atoms with E-state index in [2.05, 4.69) is 0 Å². The fraction of sp³-hybridized carbons (Fsp3) is 0.0545. The summed E-state index contributed by atoms with van der Waals surface area (Å²) in [6, 6.07) is -27.0. The first kappa shape index (κ1) is 13.7. The molecule has 0 amide bonds. The lowest BCUT2D eigenvalue weighted by Crippen LogP contribution is -2.00. The first-order chi connectivity index (χ1) is 41.1. The number of benzene rings is 10. The van der Waals surface area contributed by atoms with Crippen LogP contribution in [0.5, 0.6) is 0 Å². The fourth-order valence-electron chi connectivity index (χ4n) is 7.14.